The minimum absolute atomic E-state index is 0.0662. The van der Waals surface area contributed by atoms with E-state index in [2.05, 4.69) is 10.3 Å². The van der Waals surface area contributed by atoms with Crippen molar-refractivity contribution in [1.82, 2.24) is 10.3 Å². The van der Waals surface area contributed by atoms with Crippen LogP contribution in [0.1, 0.15) is 31.2 Å². The highest BCUT2D eigenvalue weighted by atomic mass is 32.2. The number of nitrogens with zero attached hydrogens (tertiary/aromatic N) is 1. The maximum atomic E-state index is 12.8. The van der Waals surface area contributed by atoms with Gasteiger partial charge in [-0.3, -0.25) is 9.78 Å². The van der Waals surface area contributed by atoms with Gasteiger partial charge in [-0.1, -0.05) is 12.5 Å². The molecular weight excluding hydrogens is 377 g/mol. The van der Waals surface area contributed by atoms with Crippen LogP contribution in [0.25, 0.3) is 10.9 Å². The fourth-order valence-electron chi connectivity index (χ4n) is 2.79. The van der Waals surface area contributed by atoms with E-state index >= 15 is 0 Å². The molecule has 1 aliphatic heterocycles. The van der Waals surface area contributed by atoms with Gasteiger partial charge in [0.15, 0.2) is 0 Å². The molecule has 1 fully saturated rings. The van der Waals surface area contributed by atoms with Crippen LogP contribution >= 0.6 is 11.8 Å². The van der Waals surface area contributed by atoms with Crippen molar-refractivity contribution in [2.75, 3.05) is 19.0 Å². The van der Waals surface area contributed by atoms with Gasteiger partial charge in [0.2, 0.25) is 5.91 Å². The van der Waals surface area contributed by atoms with E-state index in [1.807, 2.05) is 6.07 Å². The molecule has 1 aliphatic rings. The summed E-state index contributed by atoms with van der Waals surface area (Å²) in [5, 5.41) is 3.65. The summed E-state index contributed by atoms with van der Waals surface area (Å²) in [5.74, 6) is 0.912. The summed E-state index contributed by atoms with van der Waals surface area (Å²) in [7, 11) is 0. The molecule has 1 amide bonds. The number of fused-ring (bicyclic) bond motifs is 1. The molecule has 0 aliphatic carbocycles. The van der Waals surface area contributed by atoms with Gasteiger partial charge in [0.25, 0.3) is 0 Å². The highest BCUT2D eigenvalue weighted by Gasteiger charge is 2.30. The van der Waals surface area contributed by atoms with E-state index in [9.17, 15) is 18.0 Å². The third kappa shape index (κ3) is 5.59. The summed E-state index contributed by atoms with van der Waals surface area (Å²) in [5.41, 5.74) is -0.331. The Kier molecular flexibility index (Phi) is 6.59. The maximum absolute atomic E-state index is 12.8. The van der Waals surface area contributed by atoms with E-state index in [1.54, 1.807) is 18.0 Å². The number of aromatic nitrogens is 1. The van der Waals surface area contributed by atoms with Gasteiger partial charge in [0, 0.05) is 22.9 Å². The van der Waals surface area contributed by atoms with Crippen LogP contribution in [0.3, 0.4) is 0 Å². The van der Waals surface area contributed by atoms with Crippen LogP contribution < -0.4 is 5.32 Å². The lowest BCUT2D eigenvalue weighted by atomic mass is 10.1. The number of nitrogens with one attached hydrogen (secondary N) is 1. The van der Waals surface area contributed by atoms with Crippen molar-refractivity contribution in [3.05, 3.63) is 36.0 Å². The Morgan fingerprint density at radius 2 is 2.04 bits per heavy atom. The molecule has 4 nitrogen and oxygen atoms in total. The number of hydrogen-bond donors (Lipinski definition) is 1. The van der Waals surface area contributed by atoms with E-state index in [0.717, 1.165) is 47.4 Å². The van der Waals surface area contributed by atoms with Crippen LogP contribution in [0, 0.1) is 0 Å². The van der Waals surface area contributed by atoms with Crippen molar-refractivity contribution in [3.8, 4) is 0 Å². The van der Waals surface area contributed by atoms with Crippen molar-refractivity contribution in [2.45, 2.75) is 42.8 Å². The molecule has 1 aromatic carbocycles. The lowest BCUT2D eigenvalue weighted by molar-refractivity contribution is -0.137. The predicted molar refractivity (Wildman–Crippen MR) is 98.7 cm³/mol. The number of alkyl halides is 3. The Hall–Kier alpha value is -1.80. The van der Waals surface area contributed by atoms with E-state index in [0.29, 0.717) is 25.2 Å². The molecular formula is C19H21F3N2O2S. The number of pyridine rings is 1. The van der Waals surface area contributed by atoms with Gasteiger partial charge in [-0.25, -0.2) is 0 Å². The quantitative estimate of drug-likeness (QED) is 0.528. The molecule has 2 heterocycles. The molecule has 27 heavy (non-hydrogen) atoms. The van der Waals surface area contributed by atoms with Crippen molar-refractivity contribution in [3.63, 3.8) is 0 Å². The van der Waals surface area contributed by atoms with Crippen molar-refractivity contribution in [1.29, 1.82) is 0 Å². The summed E-state index contributed by atoms with van der Waals surface area (Å²) in [6.45, 7) is 1.21. The van der Waals surface area contributed by atoms with Crippen molar-refractivity contribution < 1.29 is 22.7 Å². The number of unbranched alkanes of at least 4 members (excludes halogenated alkanes) is 2. The summed E-state index contributed by atoms with van der Waals surface area (Å²) < 4.78 is 43.5. The van der Waals surface area contributed by atoms with Gasteiger partial charge in [-0.15, -0.1) is 11.8 Å². The second kappa shape index (κ2) is 8.93. The highest BCUT2D eigenvalue weighted by Crippen LogP contribution is 2.33. The van der Waals surface area contributed by atoms with Gasteiger partial charge in [0.05, 0.1) is 30.3 Å². The van der Waals surface area contributed by atoms with Gasteiger partial charge in [-0.05, 0) is 36.8 Å². The summed E-state index contributed by atoms with van der Waals surface area (Å²) >= 11 is 1.61. The fourth-order valence-corrected chi connectivity index (χ4v) is 3.84. The van der Waals surface area contributed by atoms with Gasteiger partial charge in [-0.2, -0.15) is 13.2 Å². The minimum Gasteiger partial charge on any atom is -0.377 e. The molecule has 0 bridgehead atoms. The van der Waals surface area contributed by atoms with Crippen LogP contribution in [0.4, 0.5) is 13.2 Å². The molecule has 0 saturated carbocycles. The molecule has 0 unspecified atom stereocenters. The number of carbonyl (C=O) groups excluding carboxylic acids is 1. The fraction of sp³-hybridized carbons (Fsp3) is 0.474. The lowest BCUT2D eigenvalue weighted by Gasteiger charge is -2.26. The van der Waals surface area contributed by atoms with Gasteiger partial charge < -0.3 is 10.1 Å². The first-order valence-corrected chi connectivity index (χ1v) is 9.88. The van der Waals surface area contributed by atoms with Crippen LogP contribution in [0.15, 0.2) is 35.4 Å². The first-order chi connectivity index (χ1) is 12.9. The number of ether oxygens (including phenoxy) is 1. The minimum atomic E-state index is -4.36. The van der Waals surface area contributed by atoms with Crippen molar-refractivity contribution >= 4 is 28.6 Å². The summed E-state index contributed by atoms with van der Waals surface area (Å²) in [6.07, 6.45) is 0.389. The van der Waals surface area contributed by atoms with E-state index < -0.39 is 11.7 Å². The van der Waals surface area contributed by atoms with E-state index in [-0.39, 0.29) is 11.9 Å². The molecule has 1 N–H and O–H groups in total. The van der Waals surface area contributed by atoms with E-state index in [4.69, 9.17) is 4.74 Å². The van der Waals surface area contributed by atoms with Gasteiger partial charge >= 0.3 is 6.18 Å². The molecule has 0 radical (unpaired) electrons. The zero-order chi connectivity index (χ0) is 19.3. The maximum Gasteiger partial charge on any atom is 0.416 e. The number of hydrogen-bond acceptors (Lipinski definition) is 4. The molecule has 0 atom stereocenters. The number of rotatable bonds is 8. The topological polar surface area (TPSA) is 51.2 Å². The zero-order valence-electron chi connectivity index (χ0n) is 14.7. The number of benzene rings is 1. The average Bonchev–Trinajstić information content (AvgIpc) is 2.60. The average molecular weight is 398 g/mol. The molecule has 1 saturated heterocycles. The van der Waals surface area contributed by atoms with Crippen LogP contribution in [0.5, 0.6) is 0 Å². The molecule has 3 rings (SSSR count). The molecule has 2 aromatic rings. The van der Waals surface area contributed by atoms with E-state index in [1.165, 1.54) is 6.07 Å². The Morgan fingerprint density at radius 1 is 1.22 bits per heavy atom. The highest BCUT2D eigenvalue weighted by molar-refractivity contribution is 7.99. The monoisotopic (exact) mass is 398 g/mol. The van der Waals surface area contributed by atoms with Gasteiger partial charge in [0.1, 0.15) is 0 Å². The second-order valence-electron chi connectivity index (χ2n) is 6.50. The first kappa shape index (κ1) is 19.9. The van der Waals surface area contributed by atoms with Crippen LogP contribution in [-0.4, -0.2) is 35.9 Å². The van der Waals surface area contributed by atoms with Crippen LogP contribution in [0.2, 0.25) is 0 Å². The molecule has 146 valence electrons. The van der Waals surface area contributed by atoms with Crippen molar-refractivity contribution in [2.24, 2.45) is 0 Å². The number of halogens is 3. The standard InChI is InChI=1S/C19H21F3N2O2S/c20-19(21,22)13-5-6-15-16(10-13)23-8-7-17(15)27-9-3-1-2-4-18(25)24-14-11-26-12-14/h5-8,10,14H,1-4,9,11-12H2,(H,24,25). The van der Waals surface area contributed by atoms with Crippen LogP contribution in [-0.2, 0) is 15.7 Å². The Morgan fingerprint density at radius 3 is 2.74 bits per heavy atom. The normalized spacial score (nSPS) is 14.9. The largest absolute Gasteiger partial charge is 0.416 e. The smallest absolute Gasteiger partial charge is 0.377 e. The first-order valence-electron chi connectivity index (χ1n) is 8.89. The second-order valence-corrected chi connectivity index (χ2v) is 7.64. The third-order valence-corrected chi connectivity index (χ3v) is 5.50. The lowest BCUT2D eigenvalue weighted by Crippen LogP contribution is -2.48. The SMILES string of the molecule is O=C(CCCCCSc1ccnc2cc(C(F)(F)F)ccc12)NC1COC1. The third-order valence-electron chi connectivity index (χ3n) is 4.34. The predicted octanol–water partition coefficient (Wildman–Crippen LogP) is 4.42. The number of thioether (sulfide) groups is 1. The molecule has 1 aromatic heterocycles. The zero-order valence-corrected chi connectivity index (χ0v) is 15.5. The number of carbonyl (C=O) groups is 1. The Balaban J connectivity index is 1.44. The molecule has 0 spiro atoms. The summed E-state index contributed by atoms with van der Waals surface area (Å²) in [6, 6.07) is 5.67. The number of amides is 1. The summed E-state index contributed by atoms with van der Waals surface area (Å²) in [4.78, 5) is 16.7. The Bertz CT molecular complexity index is 794. The molecule has 8 heteroatoms. The Labute approximate surface area is 159 Å².